The van der Waals surface area contributed by atoms with E-state index in [9.17, 15) is 9.59 Å². The molecule has 2 fully saturated rings. The molecular weight excluding hydrogens is 354 g/mol. The predicted octanol–water partition coefficient (Wildman–Crippen LogP) is 3.05. The lowest BCUT2D eigenvalue weighted by molar-refractivity contribution is -0.141. The minimum Gasteiger partial charge on any atom is -0.441 e. The highest BCUT2D eigenvalue weighted by Gasteiger charge is 2.30. The molecule has 28 heavy (non-hydrogen) atoms. The topological polar surface area (TPSA) is 66.7 Å². The van der Waals surface area contributed by atoms with Crippen LogP contribution in [0, 0.1) is 12.8 Å². The number of amides is 2. The highest BCUT2D eigenvalue weighted by Crippen LogP contribution is 2.27. The molecule has 4 rings (SSSR count). The zero-order valence-corrected chi connectivity index (χ0v) is 16.4. The number of rotatable bonds is 4. The molecule has 6 nitrogen and oxygen atoms in total. The van der Waals surface area contributed by atoms with Crippen molar-refractivity contribution in [3.63, 3.8) is 0 Å². The number of nitrogens with zero attached hydrogens (tertiary/aromatic N) is 3. The van der Waals surface area contributed by atoms with Gasteiger partial charge in [-0.3, -0.25) is 9.59 Å². The Bertz CT molecular complexity index is 832. The van der Waals surface area contributed by atoms with E-state index in [1.807, 2.05) is 47.1 Å². The van der Waals surface area contributed by atoms with Crippen LogP contribution >= 0.6 is 0 Å². The monoisotopic (exact) mass is 381 g/mol. The van der Waals surface area contributed by atoms with Crippen molar-refractivity contribution in [2.75, 3.05) is 26.2 Å². The predicted molar refractivity (Wildman–Crippen MR) is 105 cm³/mol. The summed E-state index contributed by atoms with van der Waals surface area (Å²) in [7, 11) is 0. The first-order valence-corrected chi connectivity index (χ1v) is 10.2. The van der Waals surface area contributed by atoms with E-state index in [0.29, 0.717) is 43.5 Å². The lowest BCUT2D eigenvalue weighted by atomic mass is 10.1. The maximum absolute atomic E-state index is 12.7. The van der Waals surface area contributed by atoms with E-state index in [-0.39, 0.29) is 24.2 Å². The van der Waals surface area contributed by atoms with Crippen LogP contribution in [0.15, 0.2) is 34.7 Å². The van der Waals surface area contributed by atoms with Crippen molar-refractivity contribution in [1.82, 2.24) is 14.8 Å². The Kier molecular flexibility index (Phi) is 5.46. The van der Waals surface area contributed by atoms with E-state index in [2.05, 4.69) is 4.98 Å². The van der Waals surface area contributed by atoms with Gasteiger partial charge in [-0.1, -0.05) is 31.0 Å². The van der Waals surface area contributed by atoms with Gasteiger partial charge in [0.15, 0.2) is 0 Å². The van der Waals surface area contributed by atoms with E-state index in [4.69, 9.17) is 4.42 Å². The molecule has 1 saturated carbocycles. The fraction of sp³-hybridized carbons (Fsp3) is 0.500. The number of hydrogen-bond donors (Lipinski definition) is 0. The molecular formula is C22H27N3O3. The van der Waals surface area contributed by atoms with Crippen LogP contribution in [-0.4, -0.2) is 52.8 Å². The number of oxazole rings is 1. The second-order valence-corrected chi connectivity index (χ2v) is 7.75. The summed E-state index contributed by atoms with van der Waals surface area (Å²) < 4.78 is 5.76. The Balaban J connectivity index is 1.34. The number of carbonyl (C=O) groups excluding carboxylic acids is 2. The van der Waals surface area contributed by atoms with E-state index in [1.165, 1.54) is 0 Å². The van der Waals surface area contributed by atoms with E-state index in [1.54, 1.807) is 0 Å². The lowest BCUT2D eigenvalue weighted by Crippen LogP contribution is -2.52. The number of hydrogen-bond acceptors (Lipinski definition) is 4. The van der Waals surface area contributed by atoms with Crippen LogP contribution in [0.3, 0.4) is 0 Å². The molecule has 6 heteroatoms. The van der Waals surface area contributed by atoms with Crippen LogP contribution in [-0.2, 0) is 16.0 Å². The third-order valence-corrected chi connectivity index (χ3v) is 5.88. The smallest absolute Gasteiger partial charge is 0.228 e. The first kappa shape index (κ1) is 18.7. The molecule has 1 saturated heterocycles. The fourth-order valence-corrected chi connectivity index (χ4v) is 4.16. The maximum atomic E-state index is 12.7. The van der Waals surface area contributed by atoms with Gasteiger partial charge in [0.25, 0.3) is 0 Å². The maximum Gasteiger partial charge on any atom is 0.228 e. The van der Waals surface area contributed by atoms with Gasteiger partial charge in [0, 0.05) is 37.7 Å². The zero-order chi connectivity index (χ0) is 19.5. The van der Waals surface area contributed by atoms with E-state index in [0.717, 1.165) is 31.2 Å². The van der Waals surface area contributed by atoms with Crippen molar-refractivity contribution < 1.29 is 14.0 Å². The molecule has 0 unspecified atom stereocenters. The van der Waals surface area contributed by atoms with Gasteiger partial charge < -0.3 is 14.2 Å². The summed E-state index contributed by atoms with van der Waals surface area (Å²) in [5, 5.41) is 0. The normalized spacial score (nSPS) is 17.9. The first-order valence-electron chi connectivity index (χ1n) is 10.2. The van der Waals surface area contributed by atoms with Gasteiger partial charge in [-0.05, 0) is 31.9 Å². The Morgan fingerprint density at radius 3 is 2.36 bits per heavy atom. The van der Waals surface area contributed by atoms with Crippen molar-refractivity contribution in [3.8, 4) is 11.5 Å². The molecule has 0 atom stereocenters. The molecule has 1 aromatic heterocycles. The third-order valence-electron chi connectivity index (χ3n) is 5.88. The van der Waals surface area contributed by atoms with Crippen molar-refractivity contribution in [2.45, 2.75) is 39.0 Å². The molecule has 0 bridgehead atoms. The van der Waals surface area contributed by atoms with Crippen LogP contribution in [0.1, 0.15) is 37.1 Å². The summed E-state index contributed by atoms with van der Waals surface area (Å²) in [6.45, 7) is 4.31. The minimum atomic E-state index is 0.0453. The van der Waals surface area contributed by atoms with Crippen molar-refractivity contribution in [2.24, 2.45) is 5.92 Å². The van der Waals surface area contributed by atoms with Crippen LogP contribution in [0.2, 0.25) is 0 Å². The SMILES string of the molecule is Cc1oc(-c2ccccc2)nc1CC(=O)N1CCN(C(=O)C2CCCC2)CC1. The average molecular weight is 381 g/mol. The molecule has 2 amide bonds. The van der Waals surface area contributed by atoms with Crippen molar-refractivity contribution in [1.29, 1.82) is 0 Å². The molecule has 148 valence electrons. The molecule has 2 aromatic rings. The molecule has 2 heterocycles. The highest BCUT2D eigenvalue weighted by molar-refractivity contribution is 5.81. The molecule has 2 aliphatic rings. The number of benzene rings is 1. The van der Waals surface area contributed by atoms with Gasteiger partial charge in [0.2, 0.25) is 17.7 Å². The largest absolute Gasteiger partial charge is 0.441 e. The molecule has 0 N–H and O–H groups in total. The van der Waals surface area contributed by atoms with Gasteiger partial charge in [-0.2, -0.15) is 0 Å². The van der Waals surface area contributed by atoms with E-state index >= 15 is 0 Å². The van der Waals surface area contributed by atoms with Gasteiger partial charge >= 0.3 is 0 Å². The standard InChI is InChI=1S/C22H27N3O3/c1-16-19(23-21(28-16)17-7-3-2-4-8-17)15-20(26)24-11-13-25(14-12-24)22(27)18-9-5-6-10-18/h2-4,7-8,18H,5-6,9-15H2,1H3. The second kappa shape index (κ2) is 8.17. The Morgan fingerprint density at radius 2 is 1.68 bits per heavy atom. The average Bonchev–Trinajstić information content (AvgIpc) is 3.39. The minimum absolute atomic E-state index is 0.0453. The summed E-state index contributed by atoms with van der Waals surface area (Å²) in [6.07, 6.45) is 4.60. The third kappa shape index (κ3) is 3.96. The number of aryl methyl sites for hydroxylation is 1. The second-order valence-electron chi connectivity index (χ2n) is 7.75. The molecule has 1 aromatic carbocycles. The van der Waals surface area contributed by atoms with Crippen LogP contribution in [0.4, 0.5) is 0 Å². The van der Waals surface area contributed by atoms with Crippen molar-refractivity contribution >= 4 is 11.8 Å². The molecule has 1 aliphatic heterocycles. The number of aromatic nitrogens is 1. The fourth-order valence-electron chi connectivity index (χ4n) is 4.16. The van der Waals surface area contributed by atoms with Gasteiger partial charge in [0.05, 0.1) is 12.1 Å². The summed E-state index contributed by atoms with van der Waals surface area (Å²) in [4.78, 5) is 33.6. The first-order chi connectivity index (χ1) is 13.6. The number of carbonyl (C=O) groups is 2. The summed E-state index contributed by atoms with van der Waals surface area (Å²) in [5.41, 5.74) is 1.59. The highest BCUT2D eigenvalue weighted by atomic mass is 16.4. The quantitative estimate of drug-likeness (QED) is 0.816. The zero-order valence-electron chi connectivity index (χ0n) is 16.4. The Labute approximate surface area is 165 Å². The van der Waals surface area contributed by atoms with Crippen LogP contribution in [0.25, 0.3) is 11.5 Å². The summed E-state index contributed by atoms with van der Waals surface area (Å²) >= 11 is 0. The molecule has 0 spiro atoms. The Morgan fingerprint density at radius 1 is 1.04 bits per heavy atom. The van der Waals surface area contributed by atoms with E-state index < -0.39 is 0 Å². The number of piperazine rings is 1. The van der Waals surface area contributed by atoms with Gasteiger partial charge in [-0.25, -0.2) is 4.98 Å². The Hall–Kier alpha value is -2.63. The van der Waals surface area contributed by atoms with Crippen LogP contribution < -0.4 is 0 Å². The van der Waals surface area contributed by atoms with Crippen LogP contribution in [0.5, 0.6) is 0 Å². The summed E-state index contributed by atoms with van der Waals surface area (Å²) in [5.74, 6) is 1.76. The molecule has 1 aliphatic carbocycles. The van der Waals surface area contributed by atoms with Crippen molar-refractivity contribution in [3.05, 3.63) is 41.8 Å². The van der Waals surface area contributed by atoms with Gasteiger partial charge in [0.1, 0.15) is 5.76 Å². The summed E-state index contributed by atoms with van der Waals surface area (Å²) in [6, 6.07) is 9.70. The molecule has 0 radical (unpaired) electrons. The van der Waals surface area contributed by atoms with Gasteiger partial charge in [-0.15, -0.1) is 0 Å². The lowest BCUT2D eigenvalue weighted by Gasteiger charge is -2.36.